The van der Waals surface area contributed by atoms with Crippen molar-refractivity contribution in [2.45, 2.75) is 104 Å². The van der Waals surface area contributed by atoms with Crippen molar-refractivity contribution in [3.8, 4) is 0 Å². The van der Waals surface area contributed by atoms with Crippen LogP contribution in [0.1, 0.15) is 101 Å². The van der Waals surface area contributed by atoms with Gasteiger partial charge in [0.15, 0.2) is 6.10 Å². The van der Waals surface area contributed by atoms with E-state index >= 15 is 0 Å². The second-order valence-corrected chi connectivity index (χ2v) is 13.7. The number of benzene rings is 1. The highest BCUT2D eigenvalue weighted by Gasteiger charge is 2.33. The summed E-state index contributed by atoms with van der Waals surface area (Å²) >= 11 is 1.22. The van der Waals surface area contributed by atoms with Crippen molar-refractivity contribution in [3.63, 3.8) is 0 Å². The minimum absolute atomic E-state index is 0.00605. The predicted molar refractivity (Wildman–Crippen MR) is 179 cm³/mol. The summed E-state index contributed by atoms with van der Waals surface area (Å²) < 4.78 is 16.7. The van der Waals surface area contributed by atoms with E-state index in [4.69, 9.17) is 14.2 Å². The number of ether oxygens (including phenoxy) is 3. The van der Waals surface area contributed by atoms with Crippen LogP contribution in [0.3, 0.4) is 0 Å². The highest BCUT2D eigenvalue weighted by Crippen LogP contribution is 2.31. The maximum atomic E-state index is 13.5. The second-order valence-electron chi connectivity index (χ2n) is 12.9. The summed E-state index contributed by atoms with van der Waals surface area (Å²) in [6.45, 7) is 16.7. The van der Waals surface area contributed by atoms with Gasteiger partial charge in [-0.05, 0) is 51.5 Å². The third-order valence-corrected chi connectivity index (χ3v) is 8.14. The van der Waals surface area contributed by atoms with Crippen molar-refractivity contribution in [2.24, 2.45) is 11.8 Å². The molecular weight excluding hydrogens is 606 g/mol. The standard InChI is InChI=1S/C35H51N3O7S/c1-10-15-30(39)44-29(21-28(23(3)4)38(9)34(42)45-35(6,7)8)32-37-27(22-46-32)31(40)36-26(20-25-16-13-12-14-17-25)19-24(5)33(41)43-18-11-2/h11-14,16-17,22-24,26,28-29H,2,10,15,18-21H2,1,3-9H3,(H,36,40)/t24-,26+,28+,29+/m0/s1. The number of rotatable bonds is 17. The first-order valence-corrected chi connectivity index (χ1v) is 16.8. The Hall–Kier alpha value is -3.73. The zero-order valence-electron chi connectivity index (χ0n) is 28.5. The Balaban J connectivity index is 2.31. The predicted octanol–water partition coefficient (Wildman–Crippen LogP) is 6.91. The van der Waals surface area contributed by atoms with Crippen molar-refractivity contribution in [3.05, 3.63) is 64.6 Å². The molecular formula is C35H51N3O7S. The molecule has 0 fully saturated rings. The molecule has 0 saturated carbocycles. The minimum atomic E-state index is -0.775. The van der Waals surface area contributed by atoms with Gasteiger partial charge >= 0.3 is 18.0 Å². The number of amides is 2. The Kier molecular flexibility index (Phi) is 15.4. The van der Waals surface area contributed by atoms with Crippen LogP contribution >= 0.6 is 11.3 Å². The number of carbonyl (C=O) groups is 4. The van der Waals surface area contributed by atoms with Gasteiger partial charge in [-0.25, -0.2) is 9.78 Å². The number of carbonyl (C=O) groups excluding carboxylic acids is 4. The van der Waals surface area contributed by atoms with E-state index in [1.165, 1.54) is 22.3 Å². The summed E-state index contributed by atoms with van der Waals surface area (Å²) in [6.07, 6.45) is 2.25. The molecule has 0 radical (unpaired) electrons. The Labute approximate surface area is 277 Å². The molecule has 0 bridgehead atoms. The summed E-state index contributed by atoms with van der Waals surface area (Å²) in [4.78, 5) is 57.8. The molecule has 1 aromatic heterocycles. The van der Waals surface area contributed by atoms with Gasteiger partial charge in [0, 0.05) is 37.4 Å². The van der Waals surface area contributed by atoms with Gasteiger partial charge < -0.3 is 24.4 Å². The number of esters is 2. The second kappa shape index (κ2) is 18.4. The molecule has 254 valence electrons. The first-order valence-electron chi connectivity index (χ1n) is 15.9. The molecule has 2 amide bonds. The van der Waals surface area contributed by atoms with E-state index in [2.05, 4.69) is 16.9 Å². The summed E-state index contributed by atoms with van der Waals surface area (Å²) in [5.41, 5.74) is 0.521. The lowest BCUT2D eigenvalue weighted by Gasteiger charge is -2.34. The van der Waals surface area contributed by atoms with E-state index < -0.39 is 29.6 Å². The Bertz CT molecular complexity index is 1290. The third kappa shape index (κ3) is 12.9. The topological polar surface area (TPSA) is 124 Å². The monoisotopic (exact) mass is 657 g/mol. The van der Waals surface area contributed by atoms with Crippen LogP contribution in [0.4, 0.5) is 4.79 Å². The lowest BCUT2D eigenvalue weighted by Crippen LogP contribution is -2.44. The molecule has 0 aliphatic rings. The molecule has 11 heteroatoms. The maximum Gasteiger partial charge on any atom is 0.410 e. The normalized spacial score (nSPS) is 14.0. The molecule has 0 saturated heterocycles. The fraction of sp³-hybridized carbons (Fsp3) is 0.571. The van der Waals surface area contributed by atoms with Crippen LogP contribution in [0.15, 0.2) is 48.4 Å². The van der Waals surface area contributed by atoms with Crippen molar-refractivity contribution in [1.82, 2.24) is 15.2 Å². The minimum Gasteiger partial charge on any atom is -0.461 e. The molecule has 1 heterocycles. The highest BCUT2D eigenvalue weighted by molar-refractivity contribution is 7.09. The van der Waals surface area contributed by atoms with Gasteiger partial charge in [0.25, 0.3) is 5.91 Å². The molecule has 0 aliphatic heterocycles. The number of hydrogen-bond acceptors (Lipinski definition) is 9. The van der Waals surface area contributed by atoms with E-state index in [9.17, 15) is 19.2 Å². The Morgan fingerprint density at radius 2 is 1.76 bits per heavy atom. The Morgan fingerprint density at radius 1 is 1.09 bits per heavy atom. The van der Waals surface area contributed by atoms with Crippen molar-refractivity contribution >= 4 is 35.3 Å². The van der Waals surface area contributed by atoms with Crippen LogP contribution in [0.25, 0.3) is 0 Å². The SMILES string of the molecule is C=CCOC(=O)[C@@H](C)C[C@H](Cc1ccccc1)NC(=O)c1csc([C@@H](C[C@H](C(C)C)N(C)C(=O)OC(C)(C)C)OC(=O)CCC)n1. The van der Waals surface area contributed by atoms with Gasteiger partial charge in [-0.2, -0.15) is 0 Å². The lowest BCUT2D eigenvalue weighted by molar-refractivity contribution is -0.151. The molecule has 2 aromatic rings. The van der Waals surface area contributed by atoms with E-state index in [1.54, 1.807) is 40.1 Å². The molecule has 0 unspecified atom stereocenters. The van der Waals surface area contributed by atoms with E-state index in [1.807, 2.05) is 51.1 Å². The van der Waals surface area contributed by atoms with E-state index in [0.717, 1.165) is 5.56 Å². The number of aromatic nitrogens is 1. The first kappa shape index (κ1) is 38.5. The summed E-state index contributed by atoms with van der Waals surface area (Å²) in [7, 11) is 1.67. The van der Waals surface area contributed by atoms with Gasteiger partial charge in [0.2, 0.25) is 0 Å². The maximum absolute atomic E-state index is 13.5. The summed E-state index contributed by atoms with van der Waals surface area (Å²) in [6, 6.07) is 8.98. The first-order chi connectivity index (χ1) is 21.6. The van der Waals surface area contributed by atoms with Crippen LogP contribution in [0.2, 0.25) is 0 Å². The van der Waals surface area contributed by atoms with Crippen molar-refractivity contribution in [2.75, 3.05) is 13.7 Å². The summed E-state index contributed by atoms with van der Waals surface area (Å²) in [5, 5.41) is 5.14. The van der Waals surface area contributed by atoms with E-state index in [-0.39, 0.29) is 55.1 Å². The zero-order chi connectivity index (χ0) is 34.4. The average molecular weight is 658 g/mol. The smallest absolute Gasteiger partial charge is 0.410 e. The lowest BCUT2D eigenvalue weighted by atomic mass is 9.96. The molecule has 4 atom stereocenters. The van der Waals surface area contributed by atoms with Crippen LogP contribution < -0.4 is 5.32 Å². The van der Waals surface area contributed by atoms with Gasteiger partial charge in [-0.3, -0.25) is 14.4 Å². The number of nitrogens with one attached hydrogen (secondary N) is 1. The largest absolute Gasteiger partial charge is 0.461 e. The third-order valence-electron chi connectivity index (χ3n) is 7.21. The van der Waals surface area contributed by atoms with Crippen molar-refractivity contribution < 1.29 is 33.4 Å². The summed E-state index contributed by atoms with van der Waals surface area (Å²) in [5.74, 6) is -1.60. The van der Waals surface area contributed by atoms with Gasteiger partial charge in [-0.15, -0.1) is 11.3 Å². The van der Waals surface area contributed by atoms with E-state index in [0.29, 0.717) is 24.3 Å². The van der Waals surface area contributed by atoms with Gasteiger partial charge in [0.1, 0.15) is 22.9 Å². The van der Waals surface area contributed by atoms with Crippen LogP contribution in [0, 0.1) is 11.8 Å². The number of nitrogens with zero attached hydrogens (tertiary/aromatic N) is 2. The fourth-order valence-electron chi connectivity index (χ4n) is 4.88. The molecule has 1 aromatic carbocycles. The highest BCUT2D eigenvalue weighted by atomic mass is 32.1. The fourth-order valence-corrected chi connectivity index (χ4v) is 5.72. The quantitative estimate of drug-likeness (QED) is 0.111. The molecule has 46 heavy (non-hydrogen) atoms. The van der Waals surface area contributed by atoms with Gasteiger partial charge in [0.05, 0.1) is 5.92 Å². The average Bonchev–Trinajstić information content (AvgIpc) is 3.48. The van der Waals surface area contributed by atoms with Gasteiger partial charge in [-0.1, -0.05) is 70.7 Å². The molecule has 2 rings (SSSR count). The Morgan fingerprint density at radius 3 is 2.35 bits per heavy atom. The van der Waals surface area contributed by atoms with Crippen LogP contribution in [-0.4, -0.2) is 65.2 Å². The number of thiazole rings is 1. The molecule has 1 N–H and O–H groups in total. The molecule has 0 spiro atoms. The van der Waals surface area contributed by atoms with Crippen LogP contribution in [0.5, 0.6) is 0 Å². The van der Waals surface area contributed by atoms with Crippen LogP contribution in [-0.2, 0) is 30.2 Å². The number of hydrogen-bond donors (Lipinski definition) is 1. The molecule has 10 nitrogen and oxygen atoms in total. The van der Waals surface area contributed by atoms with Crippen molar-refractivity contribution in [1.29, 1.82) is 0 Å². The molecule has 0 aliphatic carbocycles. The zero-order valence-corrected chi connectivity index (χ0v) is 29.4.